The Morgan fingerprint density at radius 3 is 2.81 bits per heavy atom. The third-order valence-corrected chi connectivity index (χ3v) is 4.84. The first-order valence-electron chi connectivity index (χ1n) is 10.1. The lowest BCUT2D eigenvalue weighted by molar-refractivity contribution is -0.132. The third kappa shape index (κ3) is 7.59. The summed E-state index contributed by atoms with van der Waals surface area (Å²) >= 11 is 0. The van der Waals surface area contributed by atoms with Crippen LogP contribution in [-0.4, -0.2) is 54.6 Å². The SMILES string of the molecule is CCNC(=NCCC(O)c1ccccc1)NCCC(=O)N1CCCC(C)C1. The van der Waals surface area contributed by atoms with E-state index in [1.807, 2.05) is 42.2 Å². The number of nitrogens with one attached hydrogen (secondary N) is 2. The molecule has 0 radical (unpaired) electrons. The number of aliphatic imine (C=N–C) groups is 1. The number of guanidine groups is 1. The molecule has 1 heterocycles. The summed E-state index contributed by atoms with van der Waals surface area (Å²) < 4.78 is 0. The van der Waals surface area contributed by atoms with Gasteiger partial charge in [0.15, 0.2) is 5.96 Å². The molecule has 6 heteroatoms. The van der Waals surface area contributed by atoms with Gasteiger partial charge in [-0.05, 0) is 37.7 Å². The summed E-state index contributed by atoms with van der Waals surface area (Å²) in [6.07, 6.45) is 2.84. The minimum absolute atomic E-state index is 0.212. The molecule has 0 saturated carbocycles. The number of carbonyl (C=O) groups excluding carboxylic acids is 1. The number of rotatable bonds is 8. The molecule has 1 aliphatic heterocycles. The molecule has 1 saturated heterocycles. The Kier molecular flexibility index (Phi) is 9.11. The van der Waals surface area contributed by atoms with E-state index >= 15 is 0 Å². The molecule has 1 aromatic carbocycles. The Hall–Kier alpha value is -2.08. The molecule has 150 valence electrons. The largest absolute Gasteiger partial charge is 0.388 e. The molecule has 0 spiro atoms. The average Bonchev–Trinajstić information content (AvgIpc) is 2.68. The van der Waals surface area contributed by atoms with Crippen molar-refractivity contribution in [1.82, 2.24) is 15.5 Å². The molecule has 2 atom stereocenters. The van der Waals surface area contributed by atoms with Crippen molar-refractivity contribution in [2.24, 2.45) is 10.9 Å². The molecule has 0 aromatic heterocycles. The molecule has 6 nitrogen and oxygen atoms in total. The summed E-state index contributed by atoms with van der Waals surface area (Å²) in [4.78, 5) is 18.8. The van der Waals surface area contributed by atoms with Crippen LogP contribution in [0.5, 0.6) is 0 Å². The van der Waals surface area contributed by atoms with Crippen LogP contribution in [-0.2, 0) is 4.79 Å². The van der Waals surface area contributed by atoms with Gasteiger partial charge in [-0.15, -0.1) is 0 Å². The summed E-state index contributed by atoms with van der Waals surface area (Å²) in [6, 6.07) is 9.63. The number of hydrogen-bond acceptors (Lipinski definition) is 3. The molecule has 2 rings (SSSR count). The first kappa shape index (κ1) is 21.2. The Labute approximate surface area is 163 Å². The van der Waals surface area contributed by atoms with Crippen LogP contribution in [0, 0.1) is 5.92 Å². The van der Waals surface area contributed by atoms with Gasteiger partial charge in [0.1, 0.15) is 0 Å². The third-order valence-electron chi connectivity index (χ3n) is 4.84. The minimum Gasteiger partial charge on any atom is -0.388 e. The predicted octanol–water partition coefficient (Wildman–Crippen LogP) is 2.31. The van der Waals surface area contributed by atoms with Gasteiger partial charge in [-0.2, -0.15) is 0 Å². The summed E-state index contributed by atoms with van der Waals surface area (Å²) in [5.41, 5.74) is 0.909. The fourth-order valence-corrected chi connectivity index (χ4v) is 3.34. The van der Waals surface area contributed by atoms with Crippen LogP contribution < -0.4 is 10.6 Å². The number of hydrogen-bond donors (Lipinski definition) is 3. The van der Waals surface area contributed by atoms with E-state index in [1.54, 1.807) is 0 Å². The zero-order chi connectivity index (χ0) is 19.5. The molecular formula is C21H34N4O2. The van der Waals surface area contributed by atoms with Crippen molar-refractivity contribution >= 4 is 11.9 Å². The second-order valence-electron chi connectivity index (χ2n) is 7.24. The molecule has 1 amide bonds. The van der Waals surface area contributed by atoms with Crippen LogP contribution in [0.4, 0.5) is 0 Å². The molecule has 2 unspecified atom stereocenters. The maximum absolute atomic E-state index is 12.3. The van der Waals surface area contributed by atoms with E-state index in [4.69, 9.17) is 0 Å². The summed E-state index contributed by atoms with van der Waals surface area (Å²) in [7, 11) is 0. The molecule has 1 aliphatic rings. The van der Waals surface area contributed by atoms with Crippen molar-refractivity contribution in [2.75, 3.05) is 32.7 Å². The number of benzene rings is 1. The Bertz CT molecular complexity index is 591. The van der Waals surface area contributed by atoms with Crippen molar-refractivity contribution < 1.29 is 9.90 Å². The quantitative estimate of drug-likeness (QED) is 0.482. The van der Waals surface area contributed by atoms with E-state index in [-0.39, 0.29) is 5.91 Å². The molecule has 27 heavy (non-hydrogen) atoms. The smallest absolute Gasteiger partial charge is 0.224 e. The number of aliphatic hydroxyl groups excluding tert-OH is 1. The number of carbonyl (C=O) groups is 1. The molecule has 3 N–H and O–H groups in total. The summed E-state index contributed by atoms with van der Waals surface area (Å²) in [5.74, 6) is 1.51. The van der Waals surface area contributed by atoms with Crippen molar-refractivity contribution in [3.05, 3.63) is 35.9 Å². The van der Waals surface area contributed by atoms with Crippen LogP contribution in [0.15, 0.2) is 35.3 Å². The maximum atomic E-state index is 12.3. The van der Waals surface area contributed by atoms with Gasteiger partial charge >= 0.3 is 0 Å². The Morgan fingerprint density at radius 2 is 2.11 bits per heavy atom. The zero-order valence-corrected chi connectivity index (χ0v) is 16.7. The van der Waals surface area contributed by atoms with Crippen LogP contribution in [0.1, 0.15) is 51.2 Å². The van der Waals surface area contributed by atoms with E-state index in [1.165, 1.54) is 6.42 Å². The lowest BCUT2D eigenvalue weighted by Gasteiger charge is -2.31. The van der Waals surface area contributed by atoms with Crippen molar-refractivity contribution in [2.45, 2.75) is 45.6 Å². The lowest BCUT2D eigenvalue weighted by atomic mass is 10.00. The molecule has 1 aromatic rings. The normalized spacial score (nSPS) is 18.9. The average molecular weight is 375 g/mol. The van der Waals surface area contributed by atoms with Gasteiger partial charge in [-0.25, -0.2) is 0 Å². The molecule has 0 bridgehead atoms. The van der Waals surface area contributed by atoms with Crippen LogP contribution in [0.25, 0.3) is 0 Å². The highest BCUT2D eigenvalue weighted by Gasteiger charge is 2.20. The number of likely N-dealkylation sites (tertiary alicyclic amines) is 1. The Morgan fingerprint density at radius 1 is 1.33 bits per heavy atom. The van der Waals surface area contributed by atoms with Gasteiger partial charge in [0, 0.05) is 39.1 Å². The highest BCUT2D eigenvalue weighted by Crippen LogP contribution is 2.16. The number of nitrogens with zero attached hydrogens (tertiary/aromatic N) is 2. The second-order valence-corrected chi connectivity index (χ2v) is 7.24. The van der Waals surface area contributed by atoms with Crippen molar-refractivity contribution in [1.29, 1.82) is 0 Å². The van der Waals surface area contributed by atoms with E-state index in [9.17, 15) is 9.90 Å². The second kappa shape index (κ2) is 11.6. The first-order chi connectivity index (χ1) is 13.1. The van der Waals surface area contributed by atoms with Gasteiger partial charge in [0.25, 0.3) is 0 Å². The molecular weight excluding hydrogens is 340 g/mol. The fourth-order valence-electron chi connectivity index (χ4n) is 3.34. The van der Waals surface area contributed by atoms with Gasteiger partial charge in [-0.1, -0.05) is 37.3 Å². The van der Waals surface area contributed by atoms with Crippen molar-refractivity contribution in [3.8, 4) is 0 Å². The first-order valence-corrected chi connectivity index (χ1v) is 10.1. The van der Waals surface area contributed by atoms with Crippen LogP contribution >= 0.6 is 0 Å². The maximum Gasteiger partial charge on any atom is 0.224 e. The number of piperidine rings is 1. The van der Waals surface area contributed by atoms with Crippen LogP contribution in [0.2, 0.25) is 0 Å². The lowest BCUT2D eigenvalue weighted by Crippen LogP contribution is -2.42. The Balaban J connectivity index is 1.73. The van der Waals surface area contributed by atoms with E-state index < -0.39 is 6.10 Å². The van der Waals surface area contributed by atoms with Gasteiger partial charge in [-0.3, -0.25) is 9.79 Å². The fraction of sp³-hybridized carbons (Fsp3) is 0.619. The summed E-state index contributed by atoms with van der Waals surface area (Å²) in [5, 5.41) is 16.6. The monoisotopic (exact) mass is 374 g/mol. The standard InChI is InChI=1S/C21H34N4O2/c1-3-22-21(23-13-11-19(26)18-9-5-4-6-10-18)24-14-12-20(27)25-15-7-8-17(2)16-25/h4-6,9-10,17,19,26H,3,7-8,11-16H2,1-2H3,(H2,22,23,24). The van der Waals surface area contributed by atoms with Crippen LogP contribution in [0.3, 0.4) is 0 Å². The topological polar surface area (TPSA) is 77.0 Å². The van der Waals surface area contributed by atoms with E-state index in [2.05, 4.69) is 22.5 Å². The summed E-state index contributed by atoms with van der Waals surface area (Å²) in [6.45, 7) is 7.82. The molecule has 0 aliphatic carbocycles. The molecule has 1 fully saturated rings. The van der Waals surface area contributed by atoms with E-state index in [0.29, 0.717) is 37.8 Å². The number of amides is 1. The van der Waals surface area contributed by atoms with Gasteiger partial charge < -0.3 is 20.6 Å². The highest BCUT2D eigenvalue weighted by molar-refractivity contribution is 5.81. The number of aliphatic hydroxyl groups is 1. The van der Waals surface area contributed by atoms with Crippen molar-refractivity contribution in [3.63, 3.8) is 0 Å². The highest BCUT2D eigenvalue weighted by atomic mass is 16.3. The van der Waals surface area contributed by atoms with Gasteiger partial charge in [0.05, 0.1) is 6.10 Å². The predicted molar refractivity (Wildman–Crippen MR) is 110 cm³/mol. The minimum atomic E-state index is -0.513. The zero-order valence-electron chi connectivity index (χ0n) is 16.7. The van der Waals surface area contributed by atoms with E-state index in [0.717, 1.165) is 31.6 Å². The van der Waals surface area contributed by atoms with Gasteiger partial charge in [0.2, 0.25) is 5.91 Å².